The zero-order chi connectivity index (χ0) is 19.6. The van der Waals surface area contributed by atoms with Crippen LogP contribution in [0.3, 0.4) is 0 Å². The number of rotatable bonds is 9. The lowest BCUT2D eigenvalue weighted by Gasteiger charge is -2.32. The molecule has 0 aromatic heterocycles. The Kier molecular flexibility index (Phi) is 8.89. The molecule has 2 heteroatoms. The highest BCUT2D eigenvalue weighted by atomic mass is 19.1. The van der Waals surface area contributed by atoms with Gasteiger partial charge >= 0.3 is 0 Å². The molecule has 3 rings (SSSR count). The Labute approximate surface area is 171 Å². The monoisotopic (exact) mass is 386 g/mol. The Morgan fingerprint density at radius 3 is 1.89 bits per heavy atom. The van der Waals surface area contributed by atoms with E-state index >= 15 is 0 Å². The van der Waals surface area contributed by atoms with Crippen LogP contribution in [0.4, 0.5) is 4.39 Å². The van der Waals surface area contributed by atoms with E-state index in [9.17, 15) is 4.39 Å². The summed E-state index contributed by atoms with van der Waals surface area (Å²) in [5, 5.41) is 0. The Balaban J connectivity index is 1.32. The SMILES string of the molecule is CCOc1ccc([C@H]2CC[C@H](CC[C@H]3CC[C@H](CC/C=C/F)CC3)CC2)cc1. The standard InChI is InChI=1S/C26H39FO/c1-2-28-26-18-16-25(17-19-26)24-14-12-23(13-15-24)11-10-22-8-6-21(7-9-22)5-3-4-20-27/h4,16-24H,2-3,5-15H2,1H3/b20-4+/t21-,22-,23-,24-. The van der Waals surface area contributed by atoms with E-state index in [4.69, 9.17) is 4.74 Å². The first-order valence-electron chi connectivity index (χ1n) is 11.8. The quantitative estimate of drug-likeness (QED) is 0.415. The smallest absolute Gasteiger partial charge is 0.119 e. The van der Waals surface area contributed by atoms with Gasteiger partial charge in [0.2, 0.25) is 0 Å². The van der Waals surface area contributed by atoms with Crippen molar-refractivity contribution in [2.24, 2.45) is 17.8 Å². The second-order valence-corrected chi connectivity index (χ2v) is 9.12. The topological polar surface area (TPSA) is 9.23 Å². The Morgan fingerprint density at radius 1 is 0.821 bits per heavy atom. The fourth-order valence-corrected chi connectivity index (χ4v) is 5.46. The van der Waals surface area contributed by atoms with Crippen molar-refractivity contribution in [2.45, 2.75) is 89.9 Å². The zero-order valence-corrected chi connectivity index (χ0v) is 17.8. The van der Waals surface area contributed by atoms with Crippen molar-refractivity contribution in [1.29, 1.82) is 0 Å². The molecular weight excluding hydrogens is 347 g/mol. The number of halogens is 1. The summed E-state index contributed by atoms with van der Waals surface area (Å²) in [7, 11) is 0. The van der Waals surface area contributed by atoms with E-state index in [2.05, 4.69) is 24.3 Å². The van der Waals surface area contributed by atoms with Crippen molar-refractivity contribution in [3.05, 3.63) is 42.2 Å². The van der Waals surface area contributed by atoms with Crippen LogP contribution in [0.15, 0.2) is 36.7 Å². The number of benzene rings is 1. The Bertz CT molecular complexity index is 563. The second kappa shape index (κ2) is 11.6. The fraction of sp³-hybridized carbons (Fsp3) is 0.692. The van der Waals surface area contributed by atoms with Gasteiger partial charge in [-0.15, -0.1) is 0 Å². The van der Waals surface area contributed by atoms with Crippen molar-refractivity contribution < 1.29 is 9.13 Å². The number of ether oxygens (including phenoxy) is 1. The molecule has 0 bridgehead atoms. The van der Waals surface area contributed by atoms with E-state index < -0.39 is 0 Å². The molecule has 0 atom stereocenters. The normalized spacial score (nSPS) is 28.5. The summed E-state index contributed by atoms with van der Waals surface area (Å²) in [6, 6.07) is 8.82. The van der Waals surface area contributed by atoms with Crippen LogP contribution in [0.1, 0.15) is 95.5 Å². The van der Waals surface area contributed by atoms with Crippen LogP contribution in [0.25, 0.3) is 0 Å². The first-order valence-corrected chi connectivity index (χ1v) is 11.8. The van der Waals surface area contributed by atoms with Gasteiger partial charge in [0, 0.05) is 0 Å². The number of hydrogen-bond acceptors (Lipinski definition) is 1. The third-order valence-corrected chi connectivity index (χ3v) is 7.29. The van der Waals surface area contributed by atoms with Gasteiger partial charge in [0.25, 0.3) is 0 Å². The van der Waals surface area contributed by atoms with E-state index in [1.165, 1.54) is 76.2 Å². The molecule has 0 radical (unpaired) electrons. The van der Waals surface area contributed by atoms with Gasteiger partial charge in [-0.25, -0.2) is 4.39 Å². The molecule has 2 aliphatic carbocycles. The largest absolute Gasteiger partial charge is 0.494 e. The van der Waals surface area contributed by atoms with Gasteiger partial charge in [-0.3, -0.25) is 0 Å². The van der Waals surface area contributed by atoms with Crippen LogP contribution in [-0.2, 0) is 0 Å². The van der Waals surface area contributed by atoms with Crippen LogP contribution >= 0.6 is 0 Å². The highest BCUT2D eigenvalue weighted by Gasteiger charge is 2.25. The summed E-state index contributed by atoms with van der Waals surface area (Å²) >= 11 is 0. The summed E-state index contributed by atoms with van der Waals surface area (Å²) in [6.07, 6.45) is 18.4. The van der Waals surface area contributed by atoms with E-state index in [0.717, 1.165) is 42.4 Å². The van der Waals surface area contributed by atoms with Crippen LogP contribution < -0.4 is 4.74 Å². The van der Waals surface area contributed by atoms with Crippen molar-refractivity contribution >= 4 is 0 Å². The molecule has 2 aliphatic rings. The molecule has 0 unspecified atom stereocenters. The van der Waals surface area contributed by atoms with E-state index in [1.807, 2.05) is 6.92 Å². The average Bonchev–Trinajstić information content (AvgIpc) is 2.75. The molecule has 156 valence electrons. The van der Waals surface area contributed by atoms with Gasteiger partial charge in [0.05, 0.1) is 12.9 Å². The molecule has 2 saturated carbocycles. The summed E-state index contributed by atoms with van der Waals surface area (Å²) in [4.78, 5) is 0. The number of hydrogen-bond donors (Lipinski definition) is 0. The van der Waals surface area contributed by atoms with Gasteiger partial charge in [0.1, 0.15) is 5.75 Å². The number of allylic oxidation sites excluding steroid dienone is 1. The lowest BCUT2D eigenvalue weighted by Crippen LogP contribution is -2.17. The third kappa shape index (κ3) is 6.64. The molecule has 0 spiro atoms. The maximum Gasteiger partial charge on any atom is 0.119 e. The van der Waals surface area contributed by atoms with Gasteiger partial charge in [0.15, 0.2) is 0 Å². The molecular formula is C26H39FO. The lowest BCUT2D eigenvalue weighted by atomic mass is 9.74. The average molecular weight is 387 g/mol. The minimum atomic E-state index is 0.705. The molecule has 0 N–H and O–H groups in total. The van der Waals surface area contributed by atoms with Crippen LogP contribution in [0, 0.1) is 17.8 Å². The first kappa shape index (κ1) is 21.4. The molecule has 0 amide bonds. The first-order chi connectivity index (χ1) is 13.8. The van der Waals surface area contributed by atoms with E-state index in [0.29, 0.717) is 6.33 Å². The second-order valence-electron chi connectivity index (χ2n) is 9.12. The summed E-state index contributed by atoms with van der Waals surface area (Å²) in [5.74, 6) is 4.49. The minimum absolute atomic E-state index is 0.705. The van der Waals surface area contributed by atoms with Gasteiger partial charge in [-0.1, -0.05) is 56.7 Å². The molecule has 0 saturated heterocycles. The Morgan fingerprint density at radius 2 is 1.36 bits per heavy atom. The van der Waals surface area contributed by atoms with E-state index in [1.54, 1.807) is 6.08 Å². The molecule has 0 aliphatic heterocycles. The molecule has 0 heterocycles. The van der Waals surface area contributed by atoms with E-state index in [-0.39, 0.29) is 0 Å². The zero-order valence-electron chi connectivity index (χ0n) is 17.8. The van der Waals surface area contributed by atoms with Crippen molar-refractivity contribution in [2.75, 3.05) is 6.61 Å². The molecule has 1 nitrogen and oxygen atoms in total. The summed E-state index contributed by atoms with van der Waals surface area (Å²) < 4.78 is 17.6. The summed E-state index contributed by atoms with van der Waals surface area (Å²) in [5.41, 5.74) is 1.50. The Hall–Kier alpha value is -1.31. The maximum absolute atomic E-state index is 12.1. The van der Waals surface area contributed by atoms with Gasteiger partial charge in [-0.2, -0.15) is 0 Å². The molecule has 1 aromatic rings. The fourth-order valence-electron chi connectivity index (χ4n) is 5.46. The van der Waals surface area contributed by atoms with Crippen molar-refractivity contribution in [3.63, 3.8) is 0 Å². The van der Waals surface area contributed by atoms with Crippen LogP contribution in [0.5, 0.6) is 5.75 Å². The van der Waals surface area contributed by atoms with Gasteiger partial charge in [-0.05, 0) is 86.8 Å². The van der Waals surface area contributed by atoms with Crippen LogP contribution in [-0.4, -0.2) is 6.61 Å². The van der Waals surface area contributed by atoms with Crippen LogP contribution in [0.2, 0.25) is 0 Å². The highest BCUT2D eigenvalue weighted by molar-refractivity contribution is 5.29. The maximum atomic E-state index is 12.1. The molecule has 1 aromatic carbocycles. The third-order valence-electron chi connectivity index (χ3n) is 7.29. The predicted molar refractivity (Wildman–Crippen MR) is 116 cm³/mol. The minimum Gasteiger partial charge on any atom is -0.494 e. The van der Waals surface area contributed by atoms with Crippen molar-refractivity contribution in [1.82, 2.24) is 0 Å². The molecule has 2 fully saturated rings. The predicted octanol–water partition coefficient (Wildman–Crippen LogP) is 8.21. The molecule has 28 heavy (non-hydrogen) atoms. The summed E-state index contributed by atoms with van der Waals surface area (Å²) in [6.45, 7) is 2.77. The van der Waals surface area contributed by atoms with Gasteiger partial charge < -0.3 is 4.74 Å². The highest BCUT2D eigenvalue weighted by Crippen LogP contribution is 2.40. The lowest BCUT2D eigenvalue weighted by molar-refractivity contribution is 0.225. The van der Waals surface area contributed by atoms with Crippen molar-refractivity contribution in [3.8, 4) is 5.75 Å².